The van der Waals surface area contributed by atoms with E-state index in [1.165, 1.54) is 11.8 Å². The molecule has 0 radical (unpaired) electrons. The Morgan fingerprint density at radius 2 is 2.17 bits per heavy atom. The van der Waals surface area contributed by atoms with Gasteiger partial charge in [-0.2, -0.15) is 0 Å². The number of carbonyl (C=O) groups is 2. The number of aliphatic imine (C=N–C) groups is 1. The molecule has 1 aromatic carbocycles. The van der Waals surface area contributed by atoms with Crippen LogP contribution >= 0.6 is 0 Å². The SMILES string of the molecule is COc1ccc2c(c1)CCN=C2CC1CN(C(=O)c2ccco2)CCC1CC(=O)O. The van der Waals surface area contributed by atoms with Gasteiger partial charge in [0.1, 0.15) is 5.75 Å². The van der Waals surface area contributed by atoms with Crippen LogP contribution in [-0.2, 0) is 11.2 Å². The topological polar surface area (TPSA) is 92.3 Å². The zero-order valence-corrected chi connectivity index (χ0v) is 17.0. The van der Waals surface area contributed by atoms with E-state index in [9.17, 15) is 14.7 Å². The molecule has 1 saturated heterocycles. The second-order valence-electron chi connectivity index (χ2n) is 7.94. The molecule has 0 saturated carbocycles. The van der Waals surface area contributed by atoms with Gasteiger partial charge in [-0.1, -0.05) is 0 Å². The number of furan rings is 1. The summed E-state index contributed by atoms with van der Waals surface area (Å²) in [6, 6.07) is 9.38. The minimum absolute atomic E-state index is 0.00877. The predicted octanol–water partition coefficient (Wildman–Crippen LogP) is 3.28. The fourth-order valence-corrected chi connectivity index (χ4v) is 4.55. The van der Waals surface area contributed by atoms with Crippen molar-refractivity contribution in [1.29, 1.82) is 0 Å². The van der Waals surface area contributed by atoms with Crippen molar-refractivity contribution in [2.45, 2.75) is 25.7 Å². The van der Waals surface area contributed by atoms with Crippen molar-refractivity contribution < 1.29 is 23.8 Å². The smallest absolute Gasteiger partial charge is 0.303 e. The number of hydrogen-bond acceptors (Lipinski definition) is 5. The van der Waals surface area contributed by atoms with E-state index >= 15 is 0 Å². The Labute approximate surface area is 175 Å². The normalized spacial score (nSPS) is 21.0. The number of benzene rings is 1. The van der Waals surface area contributed by atoms with Crippen LogP contribution in [0.25, 0.3) is 0 Å². The highest BCUT2D eigenvalue weighted by molar-refractivity contribution is 6.03. The second kappa shape index (κ2) is 8.73. The molecule has 7 nitrogen and oxygen atoms in total. The number of fused-ring (bicyclic) bond motifs is 1. The second-order valence-corrected chi connectivity index (χ2v) is 7.94. The molecule has 2 unspecified atom stereocenters. The molecule has 2 aromatic rings. The van der Waals surface area contributed by atoms with E-state index in [0.717, 1.165) is 23.4 Å². The van der Waals surface area contributed by atoms with Crippen molar-refractivity contribution in [3.63, 3.8) is 0 Å². The lowest BCUT2D eigenvalue weighted by atomic mass is 9.78. The molecule has 3 heterocycles. The summed E-state index contributed by atoms with van der Waals surface area (Å²) in [6.45, 7) is 1.75. The van der Waals surface area contributed by atoms with E-state index in [2.05, 4.69) is 0 Å². The van der Waals surface area contributed by atoms with Gasteiger partial charge < -0.3 is 19.2 Å². The van der Waals surface area contributed by atoms with Crippen molar-refractivity contribution >= 4 is 17.6 Å². The number of carbonyl (C=O) groups excluding carboxylic acids is 1. The molecule has 2 aliphatic heterocycles. The maximum Gasteiger partial charge on any atom is 0.303 e. The monoisotopic (exact) mass is 410 g/mol. The molecule has 0 bridgehead atoms. The van der Waals surface area contributed by atoms with Crippen LogP contribution in [0.1, 0.15) is 40.9 Å². The van der Waals surface area contributed by atoms with Crippen molar-refractivity contribution in [2.24, 2.45) is 16.8 Å². The first-order valence-electron chi connectivity index (χ1n) is 10.3. The number of nitrogens with zero attached hydrogens (tertiary/aromatic N) is 2. The average Bonchev–Trinajstić information content (AvgIpc) is 3.29. The van der Waals surface area contributed by atoms with Crippen molar-refractivity contribution in [3.8, 4) is 5.75 Å². The largest absolute Gasteiger partial charge is 0.497 e. The summed E-state index contributed by atoms with van der Waals surface area (Å²) in [7, 11) is 1.66. The molecule has 158 valence electrons. The summed E-state index contributed by atoms with van der Waals surface area (Å²) in [4.78, 5) is 30.7. The first-order valence-corrected chi connectivity index (χ1v) is 10.3. The van der Waals surface area contributed by atoms with E-state index in [0.29, 0.717) is 38.2 Å². The summed E-state index contributed by atoms with van der Waals surface area (Å²) in [5.41, 5.74) is 3.30. The molecule has 30 heavy (non-hydrogen) atoms. The first-order chi connectivity index (χ1) is 14.5. The lowest BCUT2D eigenvalue weighted by Crippen LogP contribution is -2.45. The molecule has 1 aromatic heterocycles. The van der Waals surface area contributed by atoms with E-state index < -0.39 is 5.97 Å². The third-order valence-corrected chi connectivity index (χ3v) is 6.11. The van der Waals surface area contributed by atoms with Gasteiger partial charge in [0.15, 0.2) is 5.76 Å². The maximum atomic E-state index is 12.8. The lowest BCUT2D eigenvalue weighted by molar-refractivity contribution is -0.138. The van der Waals surface area contributed by atoms with Gasteiger partial charge in [-0.15, -0.1) is 0 Å². The van der Waals surface area contributed by atoms with Crippen molar-refractivity contribution in [2.75, 3.05) is 26.7 Å². The quantitative estimate of drug-likeness (QED) is 0.789. The van der Waals surface area contributed by atoms with Gasteiger partial charge in [0.05, 0.1) is 13.4 Å². The van der Waals surface area contributed by atoms with Gasteiger partial charge in [-0.25, -0.2) is 0 Å². The fraction of sp³-hybridized carbons (Fsp3) is 0.435. The minimum atomic E-state index is -0.800. The van der Waals surface area contributed by atoms with Gasteiger partial charge in [0.25, 0.3) is 5.91 Å². The molecule has 1 fully saturated rings. The number of hydrogen-bond donors (Lipinski definition) is 1. The Balaban J connectivity index is 1.55. The number of ether oxygens (including phenoxy) is 1. The van der Waals surface area contributed by atoms with E-state index in [1.807, 2.05) is 18.2 Å². The van der Waals surface area contributed by atoms with Gasteiger partial charge in [-0.3, -0.25) is 14.6 Å². The molecule has 2 atom stereocenters. The van der Waals surface area contributed by atoms with Crippen LogP contribution in [-0.4, -0.2) is 54.3 Å². The zero-order valence-electron chi connectivity index (χ0n) is 17.0. The summed E-state index contributed by atoms with van der Waals surface area (Å²) < 4.78 is 10.6. The Morgan fingerprint density at radius 1 is 1.30 bits per heavy atom. The van der Waals surface area contributed by atoms with Crippen LogP contribution in [0.5, 0.6) is 5.75 Å². The summed E-state index contributed by atoms with van der Waals surface area (Å²) in [5, 5.41) is 9.39. The first kappa shape index (κ1) is 20.2. The number of aliphatic carboxylic acids is 1. The van der Waals surface area contributed by atoms with Crippen molar-refractivity contribution in [1.82, 2.24) is 4.90 Å². The number of carboxylic acids is 1. The highest BCUT2D eigenvalue weighted by Crippen LogP contribution is 2.33. The number of amides is 1. The molecular weight excluding hydrogens is 384 g/mol. The summed E-state index contributed by atoms with van der Waals surface area (Å²) >= 11 is 0. The molecule has 1 N–H and O–H groups in total. The molecular formula is C23H26N2O5. The van der Waals surface area contributed by atoms with Crippen molar-refractivity contribution in [3.05, 3.63) is 53.5 Å². The maximum absolute atomic E-state index is 12.8. The standard InChI is InChI=1S/C23H26N2O5/c1-29-18-4-5-19-16(11-18)6-8-24-20(19)12-17-14-25(9-7-15(17)13-22(26)27)23(28)21-3-2-10-30-21/h2-5,10-11,15,17H,6-9,12-14H2,1H3,(H,26,27). The zero-order chi connectivity index (χ0) is 21.1. The highest BCUT2D eigenvalue weighted by Gasteiger charge is 2.35. The number of methoxy groups -OCH3 is 1. The van der Waals surface area contributed by atoms with Crippen LogP contribution in [0, 0.1) is 11.8 Å². The van der Waals surface area contributed by atoms with Gasteiger partial charge in [-0.05, 0) is 72.6 Å². The van der Waals surface area contributed by atoms with Gasteiger partial charge in [0.2, 0.25) is 0 Å². The van der Waals surface area contributed by atoms with Crippen LogP contribution in [0.3, 0.4) is 0 Å². The summed E-state index contributed by atoms with van der Waals surface area (Å²) in [5.74, 6) is 0.237. The van der Waals surface area contributed by atoms with E-state index in [4.69, 9.17) is 14.1 Å². The predicted molar refractivity (Wildman–Crippen MR) is 111 cm³/mol. The minimum Gasteiger partial charge on any atom is -0.497 e. The molecule has 0 aliphatic carbocycles. The number of likely N-dealkylation sites (tertiary alicyclic amines) is 1. The van der Waals surface area contributed by atoms with Crippen LogP contribution in [0.2, 0.25) is 0 Å². The van der Waals surface area contributed by atoms with E-state index in [1.54, 1.807) is 24.1 Å². The Bertz CT molecular complexity index is 951. The van der Waals surface area contributed by atoms with Crippen LogP contribution in [0.4, 0.5) is 0 Å². The third kappa shape index (κ3) is 4.25. The van der Waals surface area contributed by atoms with E-state index in [-0.39, 0.29) is 24.2 Å². The molecule has 4 rings (SSSR count). The Kier molecular flexibility index (Phi) is 5.88. The number of piperidine rings is 1. The number of rotatable bonds is 6. The molecule has 1 amide bonds. The Morgan fingerprint density at radius 3 is 2.90 bits per heavy atom. The van der Waals surface area contributed by atoms with Gasteiger partial charge in [0, 0.05) is 31.8 Å². The fourth-order valence-electron chi connectivity index (χ4n) is 4.55. The number of carboxylic acid groups (broad SMARTS) is 1. The van der Waals surface area contributed by atoms with Crippen LogP contribution in [0.15, 0.2) is 46.0 Å². The molecule has 0 spiro atoms. The molecule has 2 aliphatic rings. The third-order valence-electron chi connectivity index (χ3n) is 6.11. The van der Waals surface area contributed by atoms with Gasteiger partial charge >= 0.3 is 5.97 Å². The van der Waals surface area contributed by atoms with Crippen LogP contribution < -0.4 is 4.74 Å². The highest BCUT2D eigenvalue weighted by atomic mass is 16.5. The average molecular weight is 410 g/mol. The lowest BCUT2D eigenvalue weighted by Gasteiger charge is -2.38. The summed E-state index contributed by atoms with van der Waals surface area (Å²) in [6.07, 6.45) is 3.77. The Hall–Kier alpha value is -3.09. The molecule has 7 heteroatoms.